The normalized spacial score (nSPS) is 11.9. The minimum Gasteiger partial charge on any atom is -0.477 e. The van der Waals surface area contributed by atoms with Crippen LogP contribution in [0.3, 0.4) is 0 Å². The first-order chi connectivity index (χ1) is 9.32. The van der Waals surface area contributed by atoms with Gasteiger partial charge in [0, 0.05) is 18.5 Å². The van der Waals surface area contributed by atoms with E-state index in [-0.39, 0.29) is 15.6 Å². The van der Waals surface area contributed by atoms with Gasteiger partial charge in [-0.05, 0) is 30.0 Å². The Balaban J connectivity index is 2.30. The van der Waals surface area contributed by atoms with Crippen molar-refractivity contribution in [3.8, 4) is 0 Å². The van der Waals surface area contributed by atoms with E-state index in [1.807, 2.05) is 17.5 Å². The topological polar surface area (TPSA) is 74.7 Å². The highest BCUT2D eigenvalue weighted by atomic mass is 32.2. The summed E-state index contributed by atoms with van der Waals surface area (Å²) in [6.45, 7) is 1.87. The standard InChI is InChI=1S/C12H13NO4S3/c1-8-6-10(19-11(8)12(14)15)20(16,17)13(2)7-9-4-3-5-18-9/h3-6H,7H2,1-2H3,(H,14,15). The SMILES string of the molecule is Cc1cc(S(=O)(=O)N(C)Cc2cccs2)sc1C(=O)O. The van der Waals surface area contributed by atoms with Crippen molar-refractivity contribution in [2.75, 3.05) is 7.05 Å². The number of carbonyl (C=O) groups is 1. The summed E-state index contributed by atoms with van der Waals surface area (Å²) < 4.78 is 26.1. The van der Waals surface area contributed by atoms with Crippen LogP contribution in [0.1, 0.15) is 20.1 Å². The molecule has 2 heterocycles. The van der Waals surface area contributed by atoms with Crippen LogP contribution in [0, 0.1) is 6.92 Å². The monoisotopic (exact) mass is 331 g/mol. The lowest BCUT2D eigenvalue weighted by molar-refractivity contribution is 0.0701. The van der Waals surface area contributed by atoms with Crippen LogP contribution in [0.2, 0.25) is 0 Å². The van der Waals surface area contributed by atoms with Gasteiger partial charge in [0.15, 0.2) is 0 Å². The molecule has 0 aromatic carbocycles. The van der Waals surface area contributed by atoms with Crippen molar-refractivity contribution in [1.29, 1.82) is 0 Å². The zero-order valence-electron chi connectivity index (χ0n) is 10.9. The lowest BCUT2D eigenvalue weighted by Gasteiger charge is -2.14. The average molecular weight is 331 g/mol. The first kappa shape index (κ1) is 15.2. The van der Waals surface area contributed by atoms with Crippen molar-refractivity contribution in [3.63, 3.8) is 0 Å². The number of aromatic carboxylic acids is 1. The minimum absolute atomic E-state index is 0.0615. The van der Waals surface area contributed by atoms with Gasteiger partial charge in [0.05, 0.1) is 0 Å². The number of hydrogen-bond donors (Lipinski definition) is 1. The van der Waals surface area contributed by atoms with Crippen molar-refractivity contribution in [2.45, 2.75) is 17.7 Å². The second-order valence-corrected chi connectivity index (χ2v) is 8.58. The summed E-state index contributed by atoms with van der Waals surface area (Å²) in [4.78, 5) is 12.0. The van der Waals surface area contributed by atoms with Crippen LogP contribution in [-0.2, 0) is 16.6 Å². The third kappa shape index (κ3) is 2.93. The maximum Gasteiger partial charge on any atom is 0.346 e. The van der Waals surface area contributed by atoms with Gasteiger partial charge in [0.1, 0.15) is 9.09 Å². The number of rotatable bonds is 5. The van der Waals surface area contributed by atoms with Crippen molar-refractivity contribution in [1.82, 2.24) is 4.31 Å². The molecule has 0 radical (unpaired) electrons. The maximum atomic E-state index is 12.4. The summed E-state index contributed by atoms with van der Waals surface area (Å²) in [6.07, 6.45) is 0. The number of carboxylic acid groups (broad SMARTS) is 1. The molecule has 20 heavy (non-hydrogen) atoms. The van der Waals surface area contributed by atoms with Crippen LogP contribution in [0.5, 0.6) is 0 Å². The lowest BCUT2D eigenvalue weighted by Crippen LogP contribution is -2.25. The Morgan fingerprint density at radius 2 is 2.15 bits per heavy atom. The average Bonchev–Trinajstić information content (AvgIpc) is 2.98. The van der Waals surface area contributed by atoms with Gasteiger partial charge in [-0.25, -0.2) is 13.2 Å². The number of hydrogen-bond acceptors (Lipinski definition) is 5. The predicted octanol–water partition coefficient (Wildman–Crippen LogP) is 2.64. The smallest absolute Gasteiger partial charge is 0.346 e. The summed E-state index contributed by atoms with van der Waals surface area (Å²) in [5, 5.41) is 10.9. The van der Waals surface area contributed by atoms with E-state index in [1.165, 1.54) is 28.8 Å². The van der Waals surface area contributed by atoms with Crippen molar-refractivity contribution in [3.05, 3.63) is 38.9 Å². The minimum atomic E-state index is -3.66. The van der Waals surface area contributed by atoms with Gasteiger partial charge < -0.3 is 5.11 Å². The Morgan fingerprint density at radius 1 is 1.45 bits per heavy atom. The third-order valence-electron chi connectivity index (χ3n) is 2.71. The molecule has 2 aromatic heterocycles. The van der Waals surface area contributed by atoms with E-state index >= 15 is 0 Å². The fourth-order valence-electron chi connectivity index (χ4n) is 1.65. The molecule has 8 heteroatoms. The summed E-state index contributed by atoms with van der Waals surface area (Å²) in [5.74, 6) is -1.10. The fourth-order valence-corrected chi connectivity index (χ4v) is 5.23. The van der Waals surface area contributed by atoms with Crippen molar-refractivity contribution in [2.24, 2.45) is 0 Å². The van der Waals surface area contributed by atoms with E-state index in [0.29, 0.717) is 5.56 Å². The highest BCUT2D eigenvalue weighted by Gasteiger charge is 2.26. The van der Waals surface area contributed by atoms with Crippen LogP contribution in [0.15, 0.2) is 27.8 Å². The van der Waals surface area contributed by atoms with Crippen molar-refractivity contribution >= 4 is 38.7 Å². The molecular weight excluding hydrogens is 318 g/mol. The quantitative estimate of drug-likeness (QED) is 0.914. The second kappa shape index (κ2) is 5.65. The summed E-state index contributed by atoms with van der Waals surface area (Å²) in [7, 11) is -2.16. The Labute approximate surface area is 125 Å². The summed E-state index contributed by atoms with van der Waals surface area (Å²) in [5.41, 5.74) is 0.464. The molecule has 0 aliphatic heterocycles. The zero-order chi connectivity index (χ0) is 14.9. The van der Waals surface area contributed by atoms with Crippen LogP contribution in [0.25, 0.3) is 0 Å². The molecule has 0 saturated heterocycles. The molecule has 0 unspecified atom stereocenters. The molecule has 0 fully saturated rings. The molecule has 5 nitrogen and oxygen atoms in total. The summed E-state index contributed by atoms with van der Waals surface area (Å²) >= 11 is 2.27. The van der Waals surface area contributed by atoms with Gasteiger partial charge in [0.25, 0.3) is 10.0 Å². The molecule has 2 rings (SSSR count). The second-order valence-electron chi connectivity index (χ2n) is 4.22. The first-order valence-corrected chi connectivity index (χ1v) is 8.78. The van der Waals surface area contributed by atoms with Gasteiger partial charge in [-0.2, -0.15) is 4.31 Å². The van der Waals surface area contributed by atoms with Crippen molar-refractivity contribution < 1.29 is 18.3 Å². The lowest BCUT2D eigenvalue weighted by atomic mass is 10.3. The number of carboxylic acids is 1. The van der Waals surface area contributed by atoms with Crippen LogP contribution in [0.4, 0.5) is 0 Å². The predicted molar refractivity (Wildman–Crippen MR) is 79.0 cm³/mol. The number of aryl methyl sites for hydroxylation is 1. The molecule has 0 atom stereocenters. The Hall–Kier alpha value is -1.22. The molecule has 2 aromatic rings. The van der Waals surface area contributed by atoms with Crippen LogP contribution >= 0.6 is 22.7 Å². The number of thiophene rings is 2. The molecule has 108 valence electrons. The highest BCUT2D eigenvalue weighted by Crippen LogP contribution is 2.29. The van der Waals surface area contributed by atoms with E-state index in [9.17, 15) is 13.2 Å². The molecule has 1 N–H and O–H groups in total. The first-order valence-electron chi connectivity index (χ1n) is 5.65. The maximum absolute atomic E-state index is 12.4. The highest BCUT2D eigenvalue weighted by molar-refractivity contribution is 7.91. The van der Waals surface area contributed by atoms with E-state index in [1.54, 1.807) is 6.92 Å². The number of sulfonamides is 1. The van der Waals surface area contributed by atoms with Crippen LogP contribution in [-0.4, -0.2) is 30.8 Å². The van der Waals surface area contributed by atoms with Crippen LogP contribution < -0.4 is 0 Å². The molecule has 0 spiro atoms. The molecule has 0 aliphatic carbocycles. The molecule has 0 aliphatic rings. The van der Waals surface area contributed by atoms with Gasteiger partial charge in [-0.1, -0.05) is 6.07 Å². The summed E-state index contributed by atoms with van der Waals surface area (Å²) in [6, 6.07) is 5.13. The molecular formula is C12H13NO4S3. The van der Waals surface area contributed by atoms with Gasteiger partial charge in [0.2, 0.25) is 0 Å². The van der Waals surface area contributed by atoms with Gasteiger partial charge in [-0.3, -0.25) is 0 Å². The molecule has 0 saturated carbocycles. The van der Waals surface area contributed by atoms with Gasteiger partial charge >= 0.3 is 5.97 Å². The number of nitrogens with zero attached hydrogens (tertiary/aromatic N) is 1. The third-order valence-corrected chi connectivity index (χ3v) is 7.05. The Morgan fingerprint density at radius 3 is 2.65 bits per heavy atom. The Bertz CT molecular complexity index is 716. The fraction of sp³-hybridized carbons (Fsp3) is 0.250. The van der Waals surface area contributed by atoms with E-state index < -0.39 is 16.0 Å². The largest absolute Gasteiger partial charge is 0.477 e. The molecule has 0 amide bonds. The zero-order valence-corrected chi connectivity index (χ0v) is 13.3. The van der Waals surface area contributed by atoms with E-state index in [2.05, 4.69) is 0 Å². The van der Waals surface area contributed by atoms with Gasteiger partial charge in [-0.15, -0.1) is 22.7 Å². The molecule has 0 bridgehead atoms. The van der Waals surface area contributed by atoms with E-state index in [0.717, 1.165) is 16.2 Å². The van der Waals surface area contributed by atoms with E-state index in [4.69, 9.17) is 5.11 Å². The Kier molecular flexibility index (Phi) is 4.28.